The van der Waals surface area contributed by atoms with Crippen LogP contribution in [-0.2, 0) is 6.18 Å². The lowest BCUT2D eigenvalue weighted by molar-refractivity contribution is -0.138. The second-order valence-corrected chi connectivity index (χ2v) is 4.97. The van der Waals surface area contributed by atoms with Gasteiger partial charge in [-0.3, -0.25) is 5.43 Å². The molecule has 1 aromatic heterocycles. The zero-order chi connectivity index (χ0) is 16.5. The van der Waals surface area contributed by atoms with Crippen molar-refractivity contribution < 1.29 is 26.3 Å². The molecule has 0 unspecified atom stereocenters. The molecule has 0 bridgehead atoms. The molecule has 0 aliphatic carbocycles. The van der Waals surface area contributed by atoms with Gasteiger partial charge in [-0.05, 0) is 13.0 Å². The lowest BCUT2D eigenvalue weighted by atomic mass is 10.1. The third-order valence-electron chi connectivity index (χ3n) is 2.48. The molecule has 2 rings (SSSR count). The first-order valence-corrected chi connectivity index (χ1v) is 6.54. The number of benzene rings is 1. The molecule has 10 heteroatoms. The first-order valence-electron chi connectivity index (χ1n) is 5.66. The van der Waals surface area contributed by atoms with E-state index in [1.54, 1.807) is 12.3 Å². The molecular formula is C12H7F6N3S. The molecule has 1 aromatic carbocycles. The third kappa shape index (κ3) is 3.38. The van der Waals surface area contributed by atoms with Crippen LogP contribution in [0.4, 0.5) is 31.5 Å². The first-order chi connectivity index (χ1) is 10.2. The summed E-state index contributed by atoms with van der Waals surface area (Å²) in [5.41, 5.74) is 0.0673. The number of thiazole rings is 1. The van der Waals surface area contributed by atoms with Gasteiger partial charge >= 0.3 is 6.18 Å². The summed E-state index contributed by atoms with van der Waals surface area (Å²) in [5.74, 6) is -5.89. The van der Waals surface area contributed by atoms with E-state index >= 15 is 0 Å². The van der Waals surface area contributed by atoms with Crippen molar-refractivity contribution >= 4 is 22.7 Å². The Balaban J connectivity index is 2.38. The van der Waals surface area contributed by atoms with Gasteiger partial charge in [0.15, 0.2) is 17.5 Å². The maximum absolute atomic E-state index is 13.5. The van der Waals surface area contributed by atoms with Crippen molar-refractivity contribution in [2.24, 2.45) is 5.10 Å². The summed E-state index contributed by atoms with van der Waals surface area (Å²) in [6, 6.07) is -0.118. The molecule has 22 heavy (non-hydrogen) atoms. The standard InChI is InChI=1S/C12H7F6N3S/c1-5-4-22-11(20-5)21-19-3-6-7(12(16,17)18)2-8(13)10(15)9(6)14/h2-4H,1H3,(H,20,21). The van der Waals surface area contributed by atoms with Gasteiger partial charge in [0.05, 0.1) is 17.5 Å². The van der Waals surface area contributed by atoms with E-state index in [1.807, 2.05) is 0 Å². The Morgan fingerprint density at radius 2 is 1.91 bits per heavy atom. The Hall–Kier alpha value is -2.10. The molecule has 1 N–H and O–H groups in total. The van der Waals surface area contributed by atoms with E-state index in [1.165, 1.54) is 0 Å². The fourth-order valence-corrected chi connectivity index (χ4v) is 2.16. The molecule has 0 fully saturated rings. The van der Waals surface area contributed by atoms with Gasteiger partial charge in [-0.25, -0.2) is 18.2 Å². The maximum atomic E-state index is 13.5. The maximum Gasteiger partial charge on any atom is 0.417 e. The summed E-state index contributed by atoms with van der Waals surface area (Å²) < 4.78 is 77.8. The summed E-state index contributed by atoms with van der Waals surface area (Å²) in [5, 5.41) is 5.28. The molecule has 0 atom stereocenters. The number of halogens is 6. The molecule has 0 amide bonds. The van der Waals surface area contributed by atoms with Gasteiger partial charge in [0.1, 0.15) is 0 Å². The fourth-order valence-electron chi connectivity index (χ4n) is 1.53. The Bertz CT molecular complexity index is 722. The van der Waals surface area contributed by atoms with E-state index in [-0.39, 0.29) is 11.2 Å². The molecule has 1 heterocycles. The van der Waals surface area contributed by atoms with Crippen molar-refractivity contribution in [1.82, 2.24) is 4.98 Å². The molecule has 118 valence electrons. The van der Waals surface area contributed by atoms with Crippen molar-refractivity contribution in [3.8, 4) is 0 Å². The predicted octanol–water partition coefficient (Wildman–Crippen LogP) is 4.33. The highest BCUT2D eigenvalue weighted by Gasteiger charge is 2.36. The van der Waals surface area contributed by atoms with Crippen LogP contribution in [0.15, 0.2) is 16.5 Å². The summed E-state index contributed by atoms with van der Waals surface area (Å²) >= 11 is 1.12. The SMILES string of the molecule is Cc1csc(NN=Cc2c(C(F)(F)F)cc(F)c(F)c2F)n1. The van der Waals surface area contributed by atoms with Crippen molar-refractivity contribution in [3.05, 3.63) is 45.7 Å². The van der Waals surface area contributed by atoms with E-state index < -0.39 is 34.8 Å². The third-order valence-corrected chi connectivity index (χ3v) is 3.34. The molecule has 0 aliphatic heterocycles. The smallest absolute Gasteiger partial charge is 0.253 e. The van der Waals surface area contributed by atoms with Crippen molar-refractivity contribution in [1.29, 1.82) is 0 Å². The minimum Gasteiger partial charge on any atom is -0.253 e. The highest BCUT2D eigenvalue weighted by molar-refractivity contribution is 7.13. The molecule has 0 spiro atoms. The van der Waals surface area contributed by atoms with E-state index in [0.29, 0.717) is 11.9 Å². The Labute approximate surface area is 124 Å². The molecule has 0 saturated carbocycles. The summed E-state index contributed by atoms with van der Waals surface area (Å²) in [7, 11) is 0. The lowest BCUT2D eigenvalue weighted by Gasteiger charge is -2.11. The predicted molar refractivity (Wildman–Crippen MR) is 69.4 cm³/mol. The topological polar surface area (TPSA) is 37.3 Å². The molecule has 0 aliphatic rings. The van der Waals surface area contributed by atoms with E-state index in [9.17, 15) is 26.3 Å². The van der Waals surface area contributed by atoms with Gasteiger partial charge in [0.25, 0.3) is 0 Å². The second kappa shape index (κ2) is 5.95. The van der Waals surface area contributed by atoms with Crippen LogP contribution < -0.4 is 5.43 Å². The molecule has 0 saturated heterocycles. The van der Waals surface area contributed by atoms with Gasteiger partial charge in [0, 0.05) is 10.9 Å². The largest absolute Gasteiger partial charge is 0.417 e. The monoisotopic (exact) mass is 339 g/mol. The molecule has 0 radical (unpaired) electrons. The van der Waals surface area contributed by atoms with Crippen LogP contribution in [0.2, 0.25) is 0 Å². The van der Waals surface area contributed by atoms with Crippen molar-refractivity contribution in [2.45, 2.75) is 13.1 Å². The lowest BCUT2D eigenvalue weighted by Crippen LogP contribution is -2.13. The zero-order valence-electron chi connectivity index (χ0n) is 10.8. The molecule has 3 nitrogen and oxygen atoms in total. The minimum atomic E-state index is -5.06. The van der Waals surface area contributed by atoms with Gasteiger partial charge < -0.3 is 0 Å². The number of alkyl halides is 3. The normalized spacial score (nSPS) is 12.1. The Morgan fingerprint density at radius 1 is 1.23 bits per heavy atom. The van der Waals surface area contributed by atoms with Gasteiger partial charge in [-0.2, -0.15) is 18.3 Å². The Morgan fingerprint density at radius 3 is 2.45 bits per heavy atom. The van der Waals surface area contributed by atoms with E-state index in [2.05, 4.69) is 15.5 Å². The molecular weight excluding hydrogens is 332 g/mol. The van der Waals surface area contributed by atoms with Crippen LogP contribution >= 0.6 is 11.3 Å². The number of hydrogen-bond donors (Lipinski definition) is 1. The quantitative estimate of drug-likeness (QED) is 0.391. The summed E-state index contributed by atoms with van der Waals surface area (Å²) in [6.07, 6.45) is -4.63. The molecule has 2 aromatic rings. The highest BCUT2D eigenvalue weighted by atomic mass is 32.1. The summed E-state index contributed by atoms with van der Waals surface area (Å²) in [4.78, 5) is 3.91. The number of aryl methyl sites for hydroxylation is 1. The zero-order valence-corrected chi connectivity index (χ0v) is 11.6. The minimum absolute atomic E-state index is 0.118. The first kappa shape index (κ1) is 16.3. The average molecular weight is 339 g/mol. The van der Waals surface area contributed by atoms with Crippen molar-refractivity contribution in [2.75, 3.05) is 5.43 Å². The average Bonchev–Trinajstić information content (AvgIpc) is 2.83. The number of hydrazone groups is 1. The van der Waals surface area contributed by atoms with E-state index in [4.69, 9.17) is 0 Å². The Kier molecular flexibility index (Phi) is 4.40. The van der Waals surface area contributed by atoms with Crippen LogP contribution in [0.5, 0.6) is 0 Å². The van der Waals surface area contributed by atoms with Crippen molar-refractivity contribution in [3.63, 3.8) is 0 Å². The van der Waals surface area contributed by atoms with Crippen LogP contribution in [0.1, 0.15) is 16.8 Å². The van der Waals surface area contributed by atoms with Crippen LogP contribution in [-0.4, -0.2) is 11.2 Å². The second-order valence-electron chi connectivity index (χ2n) is 4.11. The number of nitrogens with one attached hydrogen (secondary N) is 1. The van der Waals surface area contributed by atoms with Crippen LogP contribution in [0.25, 0.3) is 0 Å². The van der Waals surface area contributed by atoms with Gasteiger partial charge in [-0.1, -0.05) is 0 Å². The van der Waals surface area contributed by atoms with E-state index in [0.717, 1.165) is 11.3 Å². The number of rotatable bonds is 3. The fraction of sp³-hybridized carbons (Fsp3) is 0.167. The number of anilines is 1. The van der Waals surface area contributed by atoms with Gasteiger partial charge in [-0.15, -0.1) is 11.3 Å². The highest BCUT2D eigenvalue weighted by Crippen LogP contribution is 2.34. The van der Waals surface area contributed by atoms with Crippen LogP contribution in [0, 0.1) is 24.4 Å². The summed E-state index contributed by atoms with van der Waals surface area (Å²) in [6.45, 7) is 1.68. The van der Waals surface area contributed by atoms with Gasteiger partial charge in [0.2, 0.25) is 5.13 Å². The van der Waals surface area contributed by atoms with Crippen LogP contribution in [0.3, 0.4) is 0 Å². The number of hydrogen-bond acceptors (Lipinski definition) is 4. The number of nitrogens with zero attached hydrogens (tertiary/aromatic N) is 2. The number of aromatic nitrogens is 1.